The number of nitrogens with zero attached hydrogens (tertiary/aromatic N) is 2. The second kappa shape index (κ2) is 10.2. The van der Waals surface area contributed by atoms with E-state index in [2.05, 4.69) is 5.32 Å². The van der Waals surface area contributed by atoms with Crippen LogP contribution in [0, 0.1) is 5.82 Å². The maximum atomic E-state index is 13.3. The number of carbonyl (C=O) groups excluding carboxylic acids is 2. The Hall–Kier alpha value is -2.38. The monoisotopic (exact) mass is 403 g/mol. The Balaban J connectivity index is 1.92. The highest BCUT2D eigenvalue weighted by atomic mass is 32.2. The molecule has 0 spiro atoms. The van der Waals surface area contributed by atoms with Crippen LogP contribution in [-0.4, -0.2) is 54.6 Å². The van der Waals surface area contributed by atoms with Crippen molar-refractivity contribution in [2.45, 2.75) is 24.4 Å². The van der Waals surface area contributed by atoms with Gasteiger partial charge in [0.25, 0.3) is 0 Å². The van der Waals surface area contributed by atoms with Crippen molar-refractivity contribution in [3.05, 3.63) is 59.9 Å². The zero-order chi connectivity index (χ0) is 20.7. The SMILES string of the molecule is CSc1ccccc1NC(=O)CN(C)C(C)C(=O)N(C)Cc1cccc(F)c1. The lowest BCUT2D eigenvalue weighted by atomic mass is 10.2. The Kier molecular flexibility index (Phi) is 8.02. The molecule has 150 valence electrons. The van der Waals surface area contributed by atoms with Gasteiger partial charge in [-0.2, -0.15) is 0 Å². The molecule has 0 bridgehead atoms. The lowest BCUT2D eigenvalue weighted by molar-refractivity contribution is -0.135. The third-order valence-electron chi connectivity index (χ3n) is 4.48. The Labute approximate surface area is 169 Å². The molecule has 0 aliphatic rings. The van der Waals surface area contributed by atoms with E-state index in [1.807, 2.05) is 30.5 Å². The van der Waals surface area contributed by atoms with E-state index in [0.29, 0.717) is 6.54 Å². The minimum absolute atomic E-state index is 0.0867. The van der Waals surface area contributed by atoms with Crippen LogP contribution < -0.4 is 5.32 Å². The number of hydrogen-bond acceptors (Lipinski definition) is 4. The number of benzene rings is 2. The summed E-state index contributed by atoms with van der Waals surface area (Å²) in [6.07, 6.45) is 1.95. The van der Waals surface area contributed by atoms with Crippen molar-refractivity contribution in [3.63, 3.8) is 0 Å². The van der Waals surface area contributed by atoms with Crippen LogP contribution >= 0.6 is 11.8 Å². The van der Waals surface area contributed by atoms with Gasteiger partial charge in [-0.05, 0) is 50.1 Å². The van der Waals surface area contributed by atoms with Crippen LogP contribution in [0.5, 0.6) is 0 Å². The van der Waals surface area contributed by atoms with E-state index in [1.165, 1.54) is 17.0 Å². The third kappa shape index (κ3) is 6.07. The van der Waals surface area contributed by atoms with Gasteiger partial charge in [-0.15, -0.1) is 11.8 Å². The first-order valence-electron chi connectivity index (χ1n) is 8.94. The maximum absolute atomic E-state index is 13.3. The smallest absolute Gasteiger partial charge is 0.239 e. The van der Waals surface area contributed by atoms with Crippen LogP contribution in [0.2, 0.25) is 0 Å². The predicted octanol–water partition coefficient (Wildman–Crippen LogP) is 3.47. The zero-order valence-electron chi connectivity index (χ0n) is 16.6. The number of halogens is 1. The van der Waals surface area contributed by atoms with Crippen LogP contribution in [0.3, 0.4) is 0 Å². The second-order valence-electron chi connectivity index (χ2n) is 6.66. The molecule has 1 atom stereocenters. The molecule has 0 saturated heterocycles. The van der Waals surface area contributed by atoms with Gasteiger partial charge in [0.1, 0.15) is 5.82 Å². The Bertz CT molecular complexity index is 831. The fourth-order valence-corrected chi connectivity index (χ4v) is 3.35. The number of amides is 2. The summed E-state index contributed by atoms with van der Waals surface area (Å²) in [5.41, 5.74) is 1.48. The van der Waals surface area contributed by atoms with Crippen molar-refractivity contribution >= 4 is 29.3 Å². The van der Waals surface area contributed by atoms with Gasteiger partial charge in [-0.25, -0.2) is 4.39 Å². The fourth-order valence-electron chi connectivity index (χ4n) is 2.80. The van der Waals surface area contributed by atoms with Crippen molar-refractivity contribution < 1.29 is 14.0 Å². The van der Waals surface area contributed by atoms with Gasteiger partial charge in [0.15, 0.2) is 0 Å². The number of likely N-dealkylation sites (N-methyl/N-ethyl adjacent to an activating group) is 2. The molecular weight excluding hydrogens is 377 g/mol. The first-order chi connectivity index (χ1) is 13.3. The molecule has 0 fully saturated rings. The number of hydrogen-bond donors (Lipinski definition) is 1. The Morgan fingerprint density at radius 1 is 1.14 bits per heavy atom. The van der Waals surface area contributed by atoms with E-state index in [9.17, 15) is 14.0 Å². The molecule has 0 saturated carbocycles. The van der Waals surface area contributed by atoms with E-state index < -0.39 is 6.04 Å². The molecule has 1 unspecified atom stereocenters. The molecular formula is C21H26FN3O2S. The molecule has 0 aliphatic heterocycles. The van der Waals surface area contributed by atoms with Crippen molar-refractivity contribution in [1.29, 1.82) is 0 Å². The topological polar surface area (TPSA) is 52.7 Å². The minimum Gasteiger partial charge on any atom is -0.340 e. The summed E-state index contributed by atoms with van der Waals surface area (Å²) in [5, 5.41) is 2.89. The molecule has 7 heteroatoms. The van der Waals surface area contributed by atoms with E-state index >= 15 is 0 Å². The first-order valence-corrected chi connectivity index (χ1v) is 10.2. The average molecular weight is 404 g/mol. The molecule has 0 aromatic heterocycles. The van der Waals surface area contributed by atoms with Crippen LogP contribution in [0.15, 0.2) is 53.4 Å². The van der Waals surface area contributed by atoms with Gasteiger partial charge in [-0.1, -0.05) is 24.3 Å². The highest BCUT2D eigenvalue weighted by Crippen LogP contribution is 2.24. The molecule has 0 aliphatic carbocycles. The van der Waals surface area contributed by atoms with E-state index in [4.69, 9.17) is 0 Å². The number of rotatable bonds is 8. The molecule has 5 nitrogen and oxygen atoms in total. The largest absolute Gasteiger partial charge is 0.340 e. The maximum Gasteiger partial charge on any atom is 0.239 e. The highest BCUT2D eigenvalue weighted by Gasteiger charge is 2.23. The van der Waals surface area contributed by atoms with Crippen LogP contribution in [0.4, 0.5) is 10.1 Å². The summed E-state index contributed by atoms with van der Waals surface area (Å²) in [4.78, 5) is 29.3. The van der Waals surface area contributed by atoms with Crippen molar-refractivity contribution in [2.24, 2.45) is 0 Å². The van der Waals surface area contributed by atoms with Crippen LogP contribution in [0.1, 0.15) is 12.5 Å². The Morgan fingerprint density at radius 2 is 1.86 bits per heavy atom. The summed E-state index contributed by atoms with van der Waals surface area (Å²) >= 11 is 1.56. The third-order valence-corrected chi connectivity index (χ3v) is 5.27. The van der Waals surface area contributed by atoms with E-state index in [1.54, 1.807) is 49.8 Å². The lowest BCUT2D eigenvalue weighted by Gasteiger charge is -2.28. The van der Waals surface area contributed by atoms with Crippen molar-refractivity contribution in [3.8, 4) is 0 Å². The lowest BCUT2D eigenvalue weighted by Crippen LogP contribution is -2.46. The minimum atomic E-state index is -0.486. The molecule has 2 rings (SSSR count). The van der Waals surface area contributed by atoms with Gasteiger partial charge in [0.2, 0.25) is 11.8 Å². The molecule has 28 heavy (non-hydrogen) atoms. The van der Waals surface area contributed by atoms with Crippen molar-refractivity contribution in [1.82, 2.24) is 9.80 Å². The van der Waals surface area contributed by atoms with E-state index in [-0.39, 0.29) is 24.2 Å². The van der Waals surface area contributed by atoms with Crippen molar-refractivity contribution in [2.75, 3.05) is 32.2 Å². The number of carbonyl (C=O) groups is 2. The van der Waals surface area contributed by atoms with Gasteiger partial charge < -0.3 is 10.2 Å². The van der Waals surface area contributed by atoms with Crippen LogP contribution in [0.25, 0.3) is 0 Å². The van der Waals surface area contributed by atoms with Gasteiger partial charge in [-0.3, -0.25) is 14.5 Å². The molecule has 2 aromatic rings. The molecule has 2 aromatic carbocycles. The Morgan fingerprint density at radius 3 is 2.54 bits per heavy atom. The molecule has 0 radical (unpaired) electrons. The molecule has 1 N–H and O–H groups in total. The highest BCUT2D eigenvalue weighted by molar-refractivity contribution is 7.98. The zero-order valence-corrected chi connectivity index (χ0v) is 17.4. The number of anilines is 1. The van der Waals surface area contributed by atoms with Crippen LogP contribution in [-0.2, 0) is 16.1 Å². The summed E-state index contributed by atoms with van der Waals surface area (Å²) in [6, 6.07) is 13.3. The normalized spacial score (nSPS) is 11.9. The predicted molar refractivity (Wildman–Crippen MR) is 112 cm³/mol. The quantitative estimate of drug-likeness (QED) is 0.686. The summed E-state index contributed by atoms with van der Waals surface area (Å²) in [6.45, 7) is 2.15. The summed E-state index contributed by atoms with van der Waals surface area (Å²) < 4.78 is 13.3. The number of para-hydroxylation sites is 1. The fraction of sp³-hybridized carbons (Fsp3) is 0.333. The average Bonchev–Trinajstić information content (AvgIpc) is 2.67. The first kappa shape index (κ1) is 21.9. The standard InChI is InChI=1S/C21H26FN3O2S/c1-15(21(27)25(3)13-16-8-7-9-17(22)12-16)24(2)14-20(26)23-18-10-5-6-11-19(18)28-4/h5-12,15H,13-14H2,1-4H3,(H,23,26). The van der Waals surface area contributed by atoms with Gasteiger partial charge in [0, 0.05) is 18.5 Å². The molecule has 0 heterocycles. The van der Waals surface area contributed by atoms with Gasteiger partial charge in [0.05, 0.1) is 18.3 Å². The molecule has 2 amide bonds. The number of thioether (sulfide) groups is 1. The summed E-state index contributed by atoms with van der Waals surface area (Å²) in [5.74, 6) is -0.647. The second-order valence-corrected chi connectivity index (χ2v) is 7.51. The van der Waals surface area contributed by atoms with E-state index in [0.717, 1.165) is 16.1 Å². The number of nitrogens with one attached hydrogen (secondary N) is 1. The summed E-state index contributed by atoms with van der Waals surface area (Å²) in [7, 11) is 3.41. The van der Waals surface area contributed by atoms with Gasteiger partial charge >= 0.3 is 0 Å².